The lowest BCUT2D eigenvalue weighted by Crippen LogP contribution is -2.14. The monoisotopic (exact) mass is 257 g/mol. The normalized spacial score (nSPS) is 9.95. The van der Waals surface area contributed by atoms with E-state index in [9.17, 15) is 4.79 Å². The summed E-state index contributed by atoms with van der Waals surface area (Å²) in [7, 11) is 0. The number of amides is 1. The Balaban J connectivity index is 2.06. The Kier molecular flexibility index (Phi) is 3.97. The third-order valence-corrected chi connectivity index (χ3v) is 2.43. The molecule has 1 amide bonds. The standard InChI is InChI=1S/C14H15N3O2/c1-2-19-11-8-6-10(7-9-11)16-14(18)12-4-3-5-13(15)17-12/h3-9H,2H2,1H3,(H2,15,17)(H,16,18). The molecule has 0 unspecified atom stereocenters. The molecule has 1 aromatic carbocycles. The summed E-state index contributed by atoms with van der Waals surface area (Å²) in [6, 6.07) is 12.1. The largest absolute Gasteiger partial charge is 0.494 e. The van der Waals surface area contributed by atoms with E-state index in [0.717, 1.165) is 5.75 Å². The van der Waals surface area contributed by atoms with Crippen molar-refractivity contribution in [2.24, 2.45) is 0 Å². The van der Waals surface area contributed by atoms with E-state index >= 15 is 0 Å². The second-order valence-corrected chi connectivity index (χ2v) is 3.86. The van der Waals surface area contributed by atoms with Crippen molar-refractivity contribution in [2.45, 2.75) is 6.92 Å². The average molecular weight is 257 g/mol. The van der Waals surface area contributed by atoms with Crippen LogP contribution in [-0.4, -0.2) is 17.5 Å². The summed E-state index contributed by atoms with van der Waals surface area (Å²) >= 11 is 0. The Morgan fingerprint density at radius 2 is 2.00 bits per heavy atom. The van der Waals surface area contributed by atoms with Crippen LogP contribution in [-0.2, 0) is 0 Å². The van der Waals surface area contributed by atoms with Crippen molar-refractivity contribution in [1.82, 2.24) is 4.98 Å². The molecule has 2 aromatic rings. The quantitative estimate of drug-likeness (QED) is 0.881. The fourth-order valence-corrected chi connectivity index (χ4v) is 1.57. The predicted octanol–water partition coefficient (Wildman–Crippen LogP) is 2.31. The molecule has 0 aliphatic carbocycles. The number of nitrogens with two attached hydrogens (primary N) is 1. The van der Waals surface area contributed by atoms with Gasteiger partial charge in [0.25, 0.3) is 5.91 Å². The number of rotatable bonds is 4. The molecule has 3 N–H and O–H groups in total. The molecule has 0 fully saturated rings. The first kappa shape index (κ1) is 12.9. The van der Waals surface area contributed by atoms with Crippen LogP contribution in [0.15, 0.2) is 42.5 Å². The molecule has 5 nitrogen and oxygen atoms in total. The van der Waals surface area contributed by atoms with E-state index in [2.05, 4.69) is 10.3 Å². The lowest BCUT2D eigenvalue weighted by atomic mass is 10.2. The maximum absolute atomic E-state index is 11.9. The third-order valence-electron chi connectivity index (χ3n) is 2.43. The highest BCUT2D eigenvalue weighted by atomic mass is 16.5. The van der Waals surface area contributed by atoms with Crippen molar-refractivity contribution in [3.05, 3.63) is 48.2 Å². The van der Waals surface area contributed by atoms with Gasteiger partial charge in [-0.3, -0.25) is 4.79 Å². The van der Waals surface area contributed by atoms with Crippen LogP contribution in [0.3, 0.4) is 0 Å². The Labute approximate surface area is 111 Å². The van der Waals surface area contributed by atoms with E-state index in [1.807, 2.05) is 6.92 Å². The highest BCUT2D eigenvalue weighted by Crippen LogP contribution is 2.16. The van der Waals surface area contributed by atoms with Crippen molar-refractivity contribution in [1.29, 1.82) is 0 Å². The lowest BCUT2D eigenvalue weighted by Gasteiger charge is -2.07. The Morgan fingerprint density at radius 3 is 2.63 bits per heavy atom. The van der Waals surface area contributed by atoms with Crippen molar-refractivity contribution < 1.29 is 9.53 Å². The van der Waals surface area contributed by atoms with Crippen LogP contribution in [0.4, 0.5) is 11.5 Å². The topological polar surface area (TPSA) is 77.2 Å². The first-order valence-electron chi connectivity index (χ1n) is 5.96. The number of nitrogens with zero attached hydrogens (tertiary/aromatic N) is 1. The Bertz CT molecular complexity index is 567. The van der Waals surface area contributed by atoms with Gasteiger partial charge in [0.15, 0.2) is 0 Å². The fourth-order valence-electron chi connectivity index (χ4n) is 1.57. The van der Waals surface area contributed by atoms with Crippen LogP contribution in [0.5, 0.6) is 5.75 Å². The first-order valence-corrected chi connectivity index (χ1v) is 5.96. The first-order chi connectivity index (χ1) is 9.19. The van der Waals surface area contributed by atoms with Gasteiger partial charge in [-0.1, -0.05) is 6.07 Å². The zero-order valence-corrected chi connectivity index (χ0v) is 10.6. The van der Waals surface area contributed by atoms with Crippen molar-refractivity contribution in [3.63, 3.8) is 0 Å². The number of pyridine rings is 1. The van der Waals surface area contributed by atoms with Gasteiger partial charge in [-0.05, 0) is 43.3 Å². The van der Waals surface area contributed by atoms with E-state index < -0.39 is 0 Å². The summed E-state index contributed by atoms with van der Waals surface area (Å²) in [5, 5.41) is 2.74. The maximum Gasteiger partial charge on any atom is 0.274 e. The van der Waals surface area contributed by atoms with Crippen LogP contribution in [0, 0.1) is 0 Å². The molecule has 0 aliphatic rings. The molecule has 0 saturated heterocycles. The average Bonchev–Trinajstić information content (AvgIpc) is 2.41. The van der Waals surface area contributed by atoms with Gasteiger partial charge in [0.1, 0.15) is 17.3 Å². The molecule has 98 valence electrons. The van der Waals surface area contributed by atoms with Gasteiger partial charge < -0.3 is 15.8 Å². The van der Waals surface area contributed by atoms with Crippen LogP contribution in [0.2, 0.25) is 0 Å². The van der Waals surface area contributed by atoms with Gasteiger partial charge >= 0.3 is 0 Å². The van der Waals surface area contributed by atoms with Gasteiger partial charge in [0.2, 0.25) is 0 Å². The molecule has 2 rings (SSSR count). The van der Waals surface area contributed by atoms with Gasteiger partial charge in [0.05, 0.1) is 6.61 Å². The van der Waals surface area contributed by atoms with E-state index in [1.165, 1.54) is 0 Å². The molecule has 0 spiro atoms. The molecule has 0 aliphatic heterocycles. The van der Waals surface area contributed by atoms with Gasteiger partial charge in [-0.25, -0.2) is 4.98 Å². The Hall–Kier alpha value is -2.56. The number of hydrogen-bond donors (Lipinski definition) is 2. The molecule has 0 radical (unpaired) electrons. The van der Waals surface area contributed by atoms with Crippen LogP contribution >= 0.6 is 0 Å². The van der Waals surface area contributed by atoms with E-state index in [0.29, 0.717) is 18.1 Å². The lowest BCUT2D eigenvalue weighted by molar-refractivity contribution is 0.102. The second kappa shape index (κ2) is 5.86. The summed E-state index contributed by atoms with van der Waals surface area (Å²) in [5.74, 6) is 0.790. The number of benzene rings is 1. The van der Waals surface area contributed by atoms with Crippen LogP contribution < -0.4 is 15.8 Å². The number of anilines is 2. The minimum atomic E-state index is -0.295. The zero-order valence-electron chi connectivity index (χ0n) is 10.6. The summed E-state index contributed by atoms with van der Waals surface area (Å²) in [6.45, 7) is 2.53. The molecule has 19 heavy (non-hydrogen) atoms. The minimum Gasteiger partial charge on any atom is -0.494 e. The van der Waals surface area contributed by atoms with Crippen molar-refractivity contribution in [2.75, 3.05) is 17.7 Å². The smallest absolute Gasteiger partial charge is 0.274 e. The number of carbonyl (C=O) groups is 1. The SMILES string of the molecule is CCOc1ccc(NC(=O)c2cccc(N)n2)cc1. The van der Waals surface area contributed by atoms with Crippen LogP contribution in [0.25, 0.3) is 0 Å². The summed E-state index contributed by atoms with van der Waals surface area (Å²) in [4.78, 5) is 15.9. The van der Waals surface area contributed by atoms with Gasteiger partial charge in [-0.2, -0.15) is 0 Å². The third kappa shape index (κ3) is 3.45. The molecular weight excluding hydrogens is 242 g/mol. The van der Waals surface area contributed by atoms with E-state index in [1.54, 1.807) is 42.5 Å². The molecule has 1 heterocycles. The number of hydrogen-bond acceptors (Lipinski definition) is 4. The predicted molar refractivity (Wildman–Crippen MR) is 74.2 cm³/mol. The molecule has 0 saturated carbocycles. The number of nitrogen functional groups attached to an aromatic ring is 1. The van der Waals surface area contributed by atoms with E-state index in [4.69, 9.17) is 10.5 Å². The summed E-state index contributed by atoms with van der Waals surface area (Å²) in [6.07, 6.45) is 0. The summed E-state index contributed by atoms with van der Waals surface area (Å²) in [5.41, 5.74) is 6.50. The highest BCUT2D eigenvalue weighted by molar-refractivity contribution is 6.03. The molecule has 1 aromatic heterocycles. The highest BCUT2D eigenvalue weighted by Gasteiger charge is 2.07. The molecule has 0 atom stereocenters. The fraction of sp³-hybridized carbons (Fsp3) is 0.143. The maximum atomic E-state index is 11.9. The number of ether oxygens (including phenoxy) is 1. The second-order valence-electron chi connectivity index (χ2n) is 3.86. The molecular formula is C14H15N3O2. The van der Waals surface area contributed by atoms with Gasteiger partial charge in [-0.15, -0.1) is 0 Å². The van der Waals surface area contributed by atoms with Crippen molar-refractivity contribution in [3.8, 4) is 5.75 Å². The summed E-state index contributed by atoms with van der Waals surface area (Å²) < 4.78 is 5.32. The minimum absolute atomic E-state index is 0.286. The molecule has 0 bridgehead atoms. The van der Waals surface area contributed by atoms with E-state index in [-0.39, 0.29) is 11.6 Å². The Morgan fingerprint density at radius 1 is 1.26 bits per heavy atom. The molecule has 5 heteroatoms. The van der Waals surface area contributed by atoms with Crippen molar-refractivity contribution >= 4 is 17.4 Å². The zero-order chi connectivity index (χ0) is 13.7. The van der Waals surface area contributed by atoms with Gasteiger partial charge in [0, 0.05) is 5.69 Å². The number of nitrogens with one attached hydrogen (secondary N) is 1. The number of aromatic nitrogens is 1. The van der Waals surface area contributed by atoms with Crippen LogP contribution in [0.1, 0.15) is 17.4 Å². The number of carbonyl (C=O) groups excluding carboxylic acids is 1.